The predicted molar refractivity (Wildman–Crippen MR) is 89.0 cm³/mol. The van der Waals surface area contributed by atoms with Crippen molar-refractivity contribution in [2.75, 3.05) is 14.2 Å². The van der Waals surface area contributed by atoms with Crippen molar-refractivity contribution in [3.63, 3.8) is 0 Å². The van der Waals surface area contributed by atoms with Crippen molar-refractivity contribution < 1.29 is 14.3 Å². The summed E-state index contributed by atoms with van der Waals surface area (Å²) in [5.74, 6) is 1.05. The van der Waals surface area contributed by atoms with Gasteiger partial charge in [0.2, 0.25) is 0 Å². The van der Waals surface area contributed by atoms with E-state index in [0.29, 0.717) is 17.1 Å². The molecule has 1 saturated carbocycles. The van der Waals surface area contributed by atoms with Crippen LogP contribution < -0.4 is 14.8 Å². The monoisotopic (exact) mass is 311 g/mol. The zero-order valence-corrected chi connectivity index (χ0v) is 13.5. The van der Waals surface area contributed by atoms with E-state index >= 15 is 0 Å². The molecule has 1 fully saturated rings. The molecule has 3 rings (SSSR count). The number of amides is 1. The van der Waals surface area contributed by atoms with Gasteiger partial charge in [0.05, 0.1) is 25.3 Å². The van der Waals surface area contributed by atoms with Crippen molar-refractivity contribution in [1.29, 1.82) is 0 Å². The number of rotatable bonds is 5. The Kier molecular flexibility index (Phi) is 4.24. The molecule has 2 aromatic rings. The van der Waals surface area contributed by atoms with E-state index in [-0.39, 0.29) is 11.4 Å². The van der Waals surface area contributed by atoms with Gasteiger partial charge in [-0.3, -0.25) is 4.79 Å². The number of hydrogen-bond acceptors (Lipinski definition) is 3. The van der Waals surface area contributed by atoms with Crippen LogP contribution in [-0.4, -0.2) is 20.1 Å². The van der Waals surface area contributed by atoms with E-state index in [2.05, 4.69) is 17.4 Å². The van der Waals surface area contributed by atoms with Crippen molar-refractivity contribution in [2.45, 2.75) is 24.8 Å². The molecule has 1 N–H and O–H groups in total. The molecular weight excluding hydrogens is 290 g/mol. The second-order valence-corrected chi connectivity index (χ2v) is 5.82. The van der Waals surface area contributed by atoms with Gasteiger partial charge in [0.15, 0.2) is 0 Å². The molecule has 4 heteroatoms. The summed E-state index contributed by atoms with van der Waals surface area (Å²) in [4.78, 5) is 12.8. The summed E-state index contributed by atoms with van der Waals surface area (Å²) in [6.07, 6.45) is 3.02. The molecule has 1 amide bonds. The van der Waals surface area contributed by atoms with Gasteiger partial charge in [-0.05, 0) is 43.0 Å². The fourth-order valence-electron chi connectivity index (χ4n) is 3.05. The molecular formula is C19H21NO3. The Labute approximate surface area is 136 Å². The maximum absolute atomic E-state index is 12.8. The largest absolute Gasteiger partial charge is 0.497 e. The molecule has 4 nitrogen and oxygen atoms in total. The first kappa shape index (κ1) is 15.4. The fourth-order valence-corrected chi connectivity index (χ4v) is 3.05. The first-order valence-corrected chi connectivity index (χ1v) is 7.78. The van der Waals surface area contributed by atoms with E-state index in [1.165, 1.54) is 0 Å². The third-order valence-corrected chi connectivity index (χ3v) is 4.54. The molecule has 0 heterocycles. The third-order valence-electron chi connectivity index (χ3n) is 4.54. The number of hydrogen-bond donors (Lipinski definition) is 1. The van der Waals surface area contributed by atoms with Crippen molar-refractivity contribution >= 4 is 5.91 Å². The van der Waals surface area contributed by atoms with Crippen molar-refractivity contribution in [1.82, 2.24) is 5.32 Å². The lowest BCUT2D eigenvalue weighted by Crippen LogP contribution is -2.50. The first-order chi connectivity index (χ1) is 11.2. The second kappa shape index (κ2) is 6.32. The Morgan fingerprint density at radius 3 is 2.35 bits per heavy atom. The molecule has 0 saturated heterocycles. The van der Waals surface area contributed by atoms with Gasteiger partial charge in [0.1, 0.15) is 11.5 Å². The number of carbonyl (C=O) groups is 1. The molecule has 0 radical (unpaired) electrons. The molecule has 0 unspecified atom stereocenters. The Balaban J connectivity index is 1.89. The first-order valence-electron chi connectivity index (χ1n) is 7.78. The molecule has 0 spiro atoms. The van der Waals surface area contributed by atoms with E-state index in [1.807, 2.05) is 18.2 Å². The Bertz CT molecular complexity index is 693. The molecule has 0 atom stereocenters. The van der Waals surface area contributed by atoms with Crippen molar-refractivity contribution in [3.8, 4) is 11.5 Å². The highest BCUT2D eigenvalue weighted by Gasteiger charge is 2.40. The Morgan fingerprint density at radius 1 is 1.04 bits per heavy atom. The molecule has 1 aliphatic rings. The predicted octanol–water partition coefficient (Wildman–Crippen LogP) is 3.51. The number of benzene rings is 2. The summed E-state index contributed by atoms with van der Waals surface area (Å²) < 4.78 is 10.5. The topological polar surface area (TPSA) is 47.6 Å². The maximum atomic E-state index is 12.8. The van der Waals surface area contributed by atoms with Crippen LogP contribution in [0.4, 0.5) is 0 Å². The van der Waals surface area contributed by atoms with Crippen LogP contribution in [0, 0.1) is 0 Å². The zero-order valence-electron chi connectivity index (χ0n) is 13.5. The minimum Gasteiger partial charge on any atom is -0.497 e. The number of methoxy groups -OCH3 is 2. The van der Waals surface area contributed by atoms with Gasteiger partial charge in [-0.25, -0.2) is 0 Å². The highest BCUT2D eigenvalue weighted by molar-refractivity contribution is 5.98. The van der Waals surface area contributed by atoms with Crippen LogP contribution in [0.5, 0.6) is 11.5 Å². The van der Waals surface area contributed by atoms with E-state index < -0.39 is 0 Å². The Morgan fingerprint density at radius 2 is 1.78 bits per heavy atom. The smallest absolute Gasteiger partial charge is 0.255 e. The highest BCUT2D eigenvalue weighted by Crippen LogP contribution is 2.41. The highest BCUT2D eigenvalue weighted by atomic mass is 16.5. The summed E-state index contributed by atoms with van der Waals surface area (Å²) in [6.45, 7) is 0. The van der Waals surface area contributed by atoms with Crippen LogP contribution in [0.15, 0.2) is 48.5 Å². The van der Waals surface area contributed by atoms with Gasteiger partial charge in [-0.1, -0.05) is 30.3 Å². The van der Waals surface area contributed by atoms with Gasteiger partial charge in [0, 0.05) is 0 Å². The quantitative estimate of drug-likeness (QED) is 0.919. The van der Waals surface area contributed by atoms with Crippen LogP contribution in [0.2, 0.25) is 0 Å². The van der Waals surface area contributed by atoms with E-state index in [1.54, 1.807) is 32.4 Å². The minimum absolute atomic E-state index is 0.135. The summed E-state index contributed by atoms with van der Waals surface area (Å²) >= 11 is 0. The zero-order chi connectivity index (χ0) is 16.3. The summed E-state index contributed by atoms with van der Waals surface area (Å²) in [5.41, 5.74) is 1.38. The summed E-state index contributed by atoms with van der Waals surface area (Å²) in [5, 5.41) is 3.21. The molecule has 23 heavy (non-hydrogen) atoms. The van der Waals surface area contributed by atoms with Gasteiger partial charge in [-0.2, -0.15) is 0 Å². The minimum atomic E-state index is -0.271. The number of nitrogens with one attached hydrogen (secondary N) is 1. The number of carbonyl (C=O) groups excluding carboxylic acids is 1. The van der Waals surface area contributed by atoms with Crippen LogP contribution in [0.25, 0.3) is 0 Å². The van der Waals surface area contributed by atoms with E-state index in [0.717, 1.165) is 24.8 Å². The van der Waals surface area contributed by atoms with Crippen molar-refractivity contribution in [2.24, 2.45) is 0 Å². The van der Waals surface area contributed by atoms with E-state index in [4.69, 9.17) is 9.47 Å². The normalized spacial score (nSPS) is 15.4. The Hall–Kier alpha value is -2.49. The van der Waals surface area contributed by atoms with Gasteiger partial charge >= 0.3 is 0 Å². The summed E-state index contributed by atoms with van der Waals surface area (Å²) in [6, 6.07) is 15.4. The van der Waals surface area contributed by atoms with Crippen LogP contribution in [0.1, 0.15) is 35.2 Å². The molecule has 1 aliphatic carbocycles. The third kappa shape index (κ3) is 2.89. The van der Waals surface area contributed by atoms with Crippen molar-refractivity contribution in [3.05, 3.63) is 59.7 Å². The van der Waals surface area contributed by atoms with Crippen LogP contribution in [0.3, 0.4) is 0 Å². The van der Waals surface area contributed by atoms with Gasteiger partial charge < -0.3 is 14.8 Å². The summed E-state index contributed by atoms with van der Waals surface area (Å²) in [7, 11) is 3.15. The van der Waals surface area contributed by atoms with Crippen LogP contribution in [-0.2, 0) is 5.54 Å². The second-order valence-electron chi connectivity index (χ2n) is 5.82. The lowest BCUT2D eigenvalue weighted by Gasteiger charge is -2.43. The molecule has 120 valence electrons. The standard InChI is InChI=1S/C19H21NO3/c1-22-15-9-10-17(23-2)16(13-15)18(21)20-19(11-6-12-19)14-7-4-3-5-8-14/h3-5,7-10,13H,6,11-12H2,1-2H3,(H,20,21). The maximum Gasteiger partial charge on any atom is 0.255 e. The number of ether oxygens (including phenoxy) is 2. The van der Waals surface area contributed by atoms with Crippen LogP contribution >= 0.6 is 0 Å². The molecule has 0 bridgehead atoms. The SMILES string of the molecule is COc1ccc(OC)c(C(=O)NC2(c3ccccc3)CCC2)c1. The average molecular weight is 311 g/mol. The molecule has 2 aromatic carbocycles. The van der Waals surface area contributed by atoms with E-state index in [9.17, 15) is 4.79 Å². The molecule has 0 aromatic heterocycles. The lowest BCUT2D eigenvalue weighted by atomic mass is 9.71. The lowest BCUT2D eigenvalue weighted by molar-refractivity contribution is 0.0820. The van der Waals surface area contributed by atoms with Gasteiger partial charge in [0.25, 0.3) is 5.91 Å². The fraction of sp³-hybridized carbons (Fsp3) is 0.316. The molecule has 0 aliphatic heterocycles. The average Bonchev–Trinajstić information content (AvgIpc) is 2.58. The van der Waals surface area contributed by atoms with Gasteiger partial charge in [-0.15, -0.1) is 0 Å².